The first-order chi connectivity index (χ1) is 12.1. The van der Waals surface area contributed by atoms with Gasteiger partial charge in [0, 0.05) is 6.08 Å². The molecule has 0 unspecified atom stereocenters. The van der Waals surface area contributed by atoms with Gasteiger partial charge < -0.3 is 14.8 Å². The summed E-state index contributed by atoms with van der Waals surface area (Å²) in [5.41, 5.74) is 1.92. The van der Waals surface area contributed by atoms with Gasteiger partial charge in [-0.25, -0.2) is 0 Å². The summed E-state index contributed by atoms with van der Waals surface area (Å²) in [6.45, 7) is 5.98. The molecule has 0 saturated carbocycles. The average Bonchev–Trinajstić information content (AvgIpc) is 2.65. The quantitative estimate of drug-likeness (QED) is 0.581. The van der Waals surface area contributed by atoms with E-state index in [9.17, 15) is 4.79 Å². The Bertz CT molecular complexity index is 738. The van der Waals surface area contributed by atoms with Gasteiger partial charge in [0.1, 0.15) is 6.61 Å². The van der Waals surface area contributed by atoms with Gasteiger partial charge in [-0.2, -0.15) is 0 Å². The summed E-state index contributed by atoms with van der Waals surface area (Å²) >= 11 is 0. The van der Waals surface area contributed by atoms with Crippen molar-refractivity contribution >= 4 is 12.0 Å². The number of rotatable bonds is 8. The third-order valence-corrected chi connectivity index (χ3v) is 3.63. The maximum Gasteiger partial charge on any atom is 0.244 e. The molecule has 2 aromatic carbocycles. The van der Waals surface area contributed by atoms with E-state index in [4.69, 9.17) is 9.47 Å². The summed E-state index contributed by atoms with van der Waals surface area (Å²) in [7, 11) is 1.58. The Morgan fingerprint density at radius 3 is 2.64 bits per heavy atom. The molecule has 1 amide bonds. The Kier molecular flexibility index (Phi) is 6.84. The molecule has 25 heavy (non-hydrogen) atoms. The van der Waals surface area contributed by atoms with Gasteiger partial charge in [-0.15, -0.1) is 0 Å². The fraction of sp³-hybridized carbons (Fsp3) is 0.190. The maximum atomic E-state index is 12.1. The lowest BCUT2D eigenvalue weighted by atomic mass is 10.1. The SMILES string of the molecule is C=CCOc1ccc(/C=C\C(=O)N[C@@H](C)c2ccccc2)cc1OC. The highest BCUT2D eigenvalue weighted by molar-refractivity contribution is 5.92. The van der Waals surface area contributed by atoms with Crippen molar-refractivity contribution in [2.45, 2.75) is 13.0 Å². The van der Waals surface area contributed by atoms with Gasteiger partial charge >= 0.3 is 0 Å². The molecule has 0 aliphatic rings. The number of carbonyl (C=O) groups excluding carboxylic acids is 1. The number of nitrogens with one attached hydrogen (secondary N) is 1. The van der Waals surface area contributed by atoms with E-state index in [-0.39, 0.29) is 11.9 Å². The first-order valence-corrected chi connectivity index (χ1v) is 8.09. The molecule has 4 heteroatoms. The summed E-state index contributed by atoms with van der Waals surface area (Å²) in [5.74, 6) is 1.10. The summed E-state index contributed by atoms with van der Waals surface area (Å²) in [6.07, 6.45) is 4.93. The Labute approximate surface area is 148 Å². The lowest BCUT2D eigenvalue weighted by Gasteiger charge is -2.12. The van der Waals surface area contributed by atoms with E-state index >= 15 is 0 Å². The van der Waals surface area contributed by atoms with Crippen LogP contribution in [0.4, 0.5) is 0 Å². The van der Waals surface area contributed by atoms with E-state index in [0.29, 0.717) is 18.1 Å². The molecule has 1 atom stereocenters. The molecule has 130 valence electrons. The van der Waals surface area contributed by atoms with Crippen molar-refractivity contribution in [3.8, 4) is 11.5 Å². The largest absolute Gasteiger partial charge is 0.493 e. The topological polar surface area (TPSA) is 47.6 Å². The Morgan fingerprint density at radius 1 is 1.20 bits per heavy atom. The Morgan fingerprint density at radius 2 is 1.96 bits per heavy atom. The third kappa shape index (κ3) is 5.53. The van der Waals surface area contributed by atoms with Crippen LogP contribution in [-0.2, 0) is 4.79 Å². The molecule has 0 aliphatic heterocycles. The number of hydrogen-bond acceptors (Lipinski definition) is 3. The van der Waals surface area contributed by atoms with Gasteiger partial charge in [0.05, 0.1) is 13.2 Å². The van der Waals surface area contributed by atoms with Gasteiger partial charge in [0.25, 0.3) is 0 Å². The first kappa shape index (κ1) is 18.3. The molecule has 0 radical (unpaired) electrons. The molecular weight excluding hydrogens is 314 g/mol. The maximum absolute atomic E-state index is 12.1. The predicted molar refractivity (Wildman–Crippen MR) is 101 cm³/mol. The van der Waals surface area contributed by atoms with Gasteiger partial charge in [-0.3, -0.25) is 4.79 Å². The fourth-order valence-electron chi connectivity index (χ4n) is 2.31. The van der Waals surface area contributed by atoms with Crippen molar-refractivity contribution in [3.05, 3.63) is 78.4 Å². The summed E-state index contributed by atoms with van der Waals surface area (Å²) in [6, 6.07) is 15.3. The molecule has 0 aromatic heterocycles. The molecule has 0 saturated heterocycles. The zero-order valence-electron chi connectivity index (χ0n) is 14.6. The lowest BCUT2D eigenvalue weighted by molar-refractivity contribution is -0.117. The zero-order chi connectivity index (χ0) is 18.1. The molecule has 0 heterocycles. The van der Waals surface area contributed by atoms with Crippen LogP contribution in [0.2, 0.25) is 0 Å². The molecule has 0 bridgehead atoms. The first-order valence-electron chi connectivity index (χ1n) is 8.09. The number of ether oxygens (including phenoxy) is 2. The molecule has 2 rings (SSSR count). The molecule has 0 fully saturated rings. The van der Waals surface area contributed by atoms with Gasteiger partial charge in [-0.05, 0) is 36.3 Å². The summed E-state index contributed by atoms with van der Waals surface area (Å²) in [5, 5.41) is 2.94. The second kappa shape index (κ2) is 9.33. The van der Waals surface area contributed by atoms with Crippen LogP contribution >= 0.6 is 0 Å². The van der Waals surface area contributed by atoms with Crippen LogP contribution in [0.3, 0.4) is 0 Å². The predicted octanol–water partition coefficient (Wildman–Crippen LogP) is 4.15. The number of methoxy groups -OCH3 is 1. The van der Waals surface area contributed by atoms with E-state index in [1.807, 2.05) is 55.5 Å². The molecule has 0 spiro atoms. The average molecular weight is 337 g/mol. The van der Waals surface area contributed by atoms with Crippen LogP contribution in [0.15, 0.2) is 67.3 Å². The second-order valence-electron chi connectivity index (χ2n) is 5.48. The molecular formula is C21H23NO3. The van der Waals surface area contributed by atoms with Crippen LogP contribution in [0.1, 0.15) is 24.1 Å². The minimum atomic E-state index is -0.151. The zero-order valence-corrected chi connectivity index (χ0v) is 14.6. The van der Waals surface area contributed by atoms with E-state index in [1.165, 1.54) is 6.08 Å². The van der Waals surface area contributed by atoms with Crippen molar-refractivity contribution in [2.75, 3.05) is 13.7 Å². The van der Waals surface area contributed by atoms with Crippen LogP contribution in [0, 0.1) is 0 Å². The van der Waals surface area contributed by atoms with Crippen LogP contribution < -0.4 is 14.8 Å². The van der Waals surface area contributed by atoms with Crippen molar-refractivity contribution in [3.63, 3.8) is 0 Å². The molecule has 0 aliphatic carbocycles. The normalized spacial score (nSPS) is 11.8. The number of carbonyl (C=O) groups is 1. The molecule has 2 aromatic rings. The van der Waals surface area contributed by atoms with Crippen LogP contribution in [0.5, 0.6) is 11.5 Å². The number of hydrogen-bond donors (Lipinski definition) is 1. The van der Waals surface area contributed by atoms with Gasteiger partial charge in [0.2, 0.25) is 5.91 Å². The van der Waals surface area contributed by atoms with Crippen molar-refractivity contribution in [1.82, 2.24) is 5.32 Å². The summed E-state index contributed by atoms with van der Waals surface area (Å²) in [4.78, 5) is 12.1. The second-order valence-corrected chi connectivity index (χ2v) is 5.48. The minimum absolute atomic E-state index is 0.0532. The Balaban J connectivity index is 2.00. The van der Waals surface area contributed by atoms with E-state index < -0.39 is 0 Å². The van der Waals surface area contributed by atoms with Crippen LogP contribution in [0.25, 0.3) is 6.08 Å². The minimum Gasteiger partial charge on any atom is -0.493 e. The number of benzene rings is 2. The molecule has 4 nitrogen and oxygen atoms in total. The fourth-order valence-corrected chi connectivity index (χ4v) is 2.31. The Hall–Kier alpha value is -3.01. The lowest BCUT2D eigenvalue weighted by Crippen LogP contribution is -2.24. The number of amides is 1. The monoisotopic (exact) mass is 337 g/mol. The van der Waals surface area contributed by atoms with E-state index in [1.54, 1.807) is 19.3 Å². The van der Waals surface area contributed by atoms with E-state index in [0.717, 1.165) is 11.1 Å². The van der Waals surface area contributed by atoms with Crippen molar-refractivity contribution < 1.29 is 14.3 Å². The highest BCUT2D eigenvalue weighted by atomic mass is 16.5. The van der Waals surface area contributed by atoms with Gasteiger partial charge in [0.15, 0.2) is 11.5 Å². The highest BCUT2D eigenvalue weighted by Gasteiger charge is 2.07. The third-order valence-electron chi connectivity index (χ3n) is 3.63. The van der Waals surface area contributed by atoms with Crippen LogP contribution in [-0.4, -0.2) is 19.6 Å². The summed E-state index contributed by atoms with van der Waals surface area (Å²) < 4.78 is 10.8. The standard InChI is InChI=1S/C21H23NO3/c1-4-14-25-19-12-10-17(15-20(19)24-3)11-13-21(23)22-16(2)18-8-6-5-7-9-18/h4-13,15-16H,1,14H2,2-3H3,(H,22,23)/b13-11-/t16-/m0/s1. The smallest absolute Gasteiger partial charge is 0.244 e. The van der Waals surface area contributed by atoms with E-state index in [2.05, 4.69) is 11.9 Å². The van der Waals surface area contributed by atoms with Gasteiger partial charge in [-0.1, -0.05) is 49.1 Å². The highest BCUT2D eigenvalue weighted by Crippen LogP contribution is 2.28. The molecule has 1 N–H and O–H groups in total. The van der Waals surface area contributed by atoms with Crippen molar-refractivity contribution in [2.24, 2.45) is 0 Å². The van der Waals surface area contributed by atoms with Crippen molar-refractivity contribution in [1.29, 1.82) is 0 Å².